The van der Waals surface area contributed by atoms with Gasteiger partial charge in [-0.25, -0.2) is 9.97 Å². The second-order valence-corrected chi connectivity index (χ2v) is 12.0. The Morgan fingerprint density at radius 1 is 1.03 bits per heavy atom. The molecule has 0 saturated heterocycles. The van der Waals surface area contributed by atoms with Gasteiger partial charge in [0.05, 0.1) is 16.0 Å². The van der Waals surface area contributed by atoms with Crippen molar-refractivity contribution in [3.05, 3.63) is 59.9 Å². The maximum Gasteiger partial charge on any atom is 0.260 e. The van der Waals surface area contributed by atoms with Gasteiger partial charge in [0, 0.05) is 20.7 Å². The summed E-state index contributed by atoms with van der Waals surface area (Å²) >= 11 is 6.14. The molecule has 0 amide bonds. The summed E-state index contributed by atoms with van der Waals surface area (Å²) in [5.74, 6) is 0.584. The Morgan fingerprint density at radius 2 is 1.88 bits per heavy atom. The van der Waals surface area contributed by atoms with Gasteiger partial charge < -0.3 is 9.97 Å². The molecule has 0 fully saturated rings. The third-order valence-corrected chi connectivity index (χ3v) is 9.68. The minimum Gasteiger partial charge on any atom is -0.309 e. The van der Waals surface area contributed by atoms with E-state index in [0.29, 0.717) is 16.4 Å². The van der Waals surface area contributed by atoms with Gasteiger partial charge in [-0.2, -0.15) is 0 Å². The predicted molar refractivity (Wildman–Crippen MR) is 135 cm³/mol. The van der Waals surface area contributed by atoms with E-state index in [4.69, 9.17) is 9.97 Å². The molecule has 1 aliphatic carbocycles. The fourth-order valence-corrected chi connectivity index (χ4v) is 8.14. The first kappa shape index (κ1) is 20.3. The zero-order valence-corrected chi connectivity index (χ0v) is 20.3. The summed E-state index contributed by atoms with van der Waals surface area (Å²) in [6, 6.07) is 3.99. The van der Waals surface area contributed by atoms with Crippen LogP contribution in [0.4, 0.5) is 0 Å². The lowest BCUT2D eigenvalue weighted by atomic mass is 9.97. The molecule has 10 heteroatoms. The van der Waals surface area contributed by atoms with E-state index in [1.807, 2.05) is 29.8 Å². The minimum atomic E-state index is -0.172. The molecule has 6 nitrogen and oxygen atoms in total. The lowest BCUT2D eigenvalue weighted by Gasteiger charge is -2.10. The molecule has 162 valence electrons. The van der Waals surface area contributed by atoms with Crippen LogP contribution in [-0.4, -0.2) is 19.9 Å². The summed E-state index contributed by atoms with van der Waals surface area (Å²) in [5.41, 5.74) is 1.91. The molecule has 0 saturated carbocycles. The Labute approximate surface area is 198 Å². The van der Waals surface area contributed by atoms with Gasteiger partial charge in [-0.1, -0.05) is 17.8 Å². The number of thiophene rings is 3. The smallest absolute Gasteiger partial charge is 0.260 e. The highest BCUT2D eigenvalue weighted by Crippen LogP contribution is 2.37. The fourth-order valence-electron chi connectivity index (χ4n) is 4.19. The Hall–Kier alpha value is -2.27. The van der Waals surface area contributed by atoms with E-state index in [9.17, 15) is 9.59 Å². The van der Waals surface area contributed by atoms with Gasteiger partial charge in [-0.05, 0) is 49.6 Å². The van der Waals surface area contributed by atoms with Crippen LogP contribution in [0.1, 0.15) is 41.3 Å². The SMILES string of the molecule is CC(Sc1nc2sc3c(c2c(=O)[nH]1)CCCC3)c1nc2scc(-c3cccs3)c2c(=O)[nH]1. The lowest BCUT2D eigenvalue weighted by Crippen LogP contribution is -2.14. The molecule has 1 aliphatic rings. The van der Waals surface area contributed by atoms with Crippen molar-refractivity contribution < 1.29 is 0 Å². The van der Waals surface area contributed by atoms with Crippen LogP contribution in [-0.2, 0) is 12.8 Å². The van der Waals surface area contributed by atoms with E-state index in [0.717, 1.165) is 44.8 Å². The number of nitrogens with one attached hydrogen (secondary N) is 2. The molecule has 32 heavy (non-hydrogen) atoms. The van der Waals surface area contributed by atoms with E-state index in [1.165, 1.54) is 40.0 Å². The molecule has 0 spiro atoms. The van der Waals surface area contributed by atoms with Crippen molar-refractivity contribution in [3.63, 3.8) is 0 Å². The number of fused-ring (bicyclic) bond motifs is 4. The van der Waals surface area contributed by atoms with Crippen molar-refractivity contribution in [2.75, 3.05) is 0 Å². The molecular weight excluding hydrogens is 481 g/mol. The average molecular weight is 499 g/mol. The van der Waals surface area contributed by atoms with Crippen LogP contribution in [0, 0.1) is 0 Å². The van der Waals surface area contributed by atoms with Crippen LogP contribution in [0.2, 0.25) is 0 Å². The average Bonchev–Trinajstić information content (AvgIpc) is 3.51. The molecule has 0 aromatic carbocycles. The van der Waals surface area contributed by atoms with E-state index >= 15 is 0 Å². The zero-order chi connectivity index (χ0) is 21.8. The number of aromatic amines is 2. The second-order valence-electron chi connectivity index (χ2n) is 7.78. The summed E-state index contributed by atoms with van der Waals surface area (Å²) in [7, 11) is 0. The summed E-state index contributed by atoms with van der Waals surface area (Å²) in [6.07, 6.45) is 4.30. The number of nitrogens with zero attached hydrogens (tertiary/aromatic N) is 2. The summed E-state index contributed by atoms with van der Waals surface area (Å²) < 4.78 is 0. The number of hydrogen-bond donors (Lipinski definition) is 2. The van der Waals surface area contributed by atoms with Crippen molar-refractivity contribution in [2.45, 2.75) is 43.0 Å². The van der Waals surface area contributed by atoms with E-state index < -0.39 is 0 Å². The van der Waals surface area contributed by atoms with Crippen molar-refractivity contribution in [1.82, 2.24) is 19.9 Å². The molecule has 1 unspecified atom stereocenters. The highest BCUT2D eigenvalue weighted by molar-refractivity contribution is 7.99. The fraction of sp³-hybridized carbons (Fsp3) is 0.273. The quantitative estimate of drug-likeness (QED) is 0.243. The molecular formula is C22H18N4O2S4. The Balaban J connectivity index is 1.35. The maximum absolute atomic E-state index is 12.9. The number of thioether (sulfide) groups is 1. The number of H-pyrrole nitrogens is 2. The normalized spacial score (nSPS) is 14.8. The standard InChI is InChI=1S/C22H18N4O2S4/c1-10(17-23-18(27)16-12(9-30-20(16)24-17)13-7-4-8-29-13)31-22-25-19(28)15-11-5-2-3-6-14(11)32-21(15)26-22/h4,7-10H,2-3,5-6H2,1H3,(H,23,24,27)(H,25,26,28). The monoisotopic (exact) mass is 498 g/mol. The number of hydrogen-bond acceptors (Lipinski definition) is 8. The number of rotatable bonds is 4. The Kier molecular flexibility index (Phi) is 5.05. The highest BCUT2D eigenvalue weighted by Gasteiger charge is 2.22. The van der Waals surface area contributed by atoms with Gasteiger partial charge in [0.1, 0.15) is 15.5 Å². The van der Waals surface area contributed by atoms with E-state index in [-0.39, 0.29) is 16.4 Å². The van der Waals surface area contributed by atoms with Crippen molar-refractivity contribution >= 4 is 66.2 Å². The predicted octanol–water partition coefficient (Wildman–Crippen LogP) is 5.74. The van der Waals surface area contributed by atoms with Gasteiger partial charge >= 0.3 is 0 Å². The Morgan fingerprint density at radius 3 is 2.72 bits per heavy atom. The molecule has 5 heterocycles. The molecule has 5 aromatic heterocycles. The summed E-state index contributed by atoms with van der Waals surface area (Å²) in [6.45, 7) is 1.96. The van der Waals surface area contributed by atoms with Gasteiger partial charge in [-0.15, -0.1) is 34.0 Å². The van der Waals surface area contributed by atoms with Gasteiger partial charge in [0.25, 0.3) is 11.1 Å². The molecule has 0 radical (unpaired) electrons. The van der Waals surface area contributed by atoms with Crippen LogP contribution in [0.3, 0.4) is 0 Å². The first-order valence-corrected chi connectivity index (χ1v) is 13.8. The van der Waals surface area contributed by atoms with Crippen LogP contribution >= 0.6 is 45.8 Å². The lowest BCUT2D eigenvalue weighted by molar-refractivity contribution is 0.700. The van der Waals surface area contributed by atoms with E-state index in [2.05, 4.69) is 9.97 Å². The number of aryl methyl sites for hydroxylation is 2. The zero-order valence-electron chi connectivity index (χ0n) is 17.1. The maximum atomic E-state index is 12.9. The second kappa shape index (κ2) is 7.95. The molecule has 5 aromatic rings. The first-order chi connectivity index (χ1) is 15.6. The number of aromatic nitrogens is 4. The van der Waals surface area contributed by atoms with Gasteiger partial charge in [0.2, 0.25) is 0 Å². The van der Waals surface area contributed by atoms with Crippen LogP contribution < -0.4 is 11.1 Å². The largest absolute Gasteiger partial charge is 0.309 e. The molecule has 0 bridgehead atoms. The van der Waals surface area contributed by atoms with Crippen molar-refractivity contribution in [3.8, 4) is 10.4 Å². The van der Waals surface area contributed by atoms with Crippen molar-refractivity contribution in [2.24, 2.45) is 0 Å². The molecule has 6 rings (SSSR count). The summed E-state index contributed by atoms with van der Waals surface area (Å²) in [4.78, 5) is 45.0. The third-order valence-electron chi connectivity index (χ3n) is 5.73. The van der Waals surface area contributed by atoms with Gasteiger partial charge in [0.15, 0.2) is 5.16 Å². The highest BCUT2D eigenvalue weighted by atomic mass is 32.2. The molecule has 2 N–H and O–H groups in total. The van der Waals surface area contributed by atoms with Gasteiger partial charge in [-0.3, -0.25) is 9.59 Å². The van der Waals surface area contributed by atoms with Crippen LogP contribution in [0.5, 0.6) is 0 Å². The first-order valence-electron chi connectivity index (χ1n) is 10.3. The molecule has 0 aliphatic heterocycles. The van der Waals surface area contributed by atoms with E-state index in [1.54, 1.807) is 22.7 Å². The van der Waals surface area contributed by atoms with Crippen LogP contribution in [0.25, 0.3) is 30.9 Å². The minimum absolute atomic E-state index is 0.0696. The summed E-state index contributed by atoms with van der Waals surface area (Å²) in [5, 5.41) is 5.77. The third kappa shape index (κ3) is 3.37. The topological polar surface area (TPSA) is 91.5 Å². The Bertz CT molecular complexity index is 1580. The van der Waals surface area contributed by atoms with Crippen LogP contribution in [0.15, 0.2) is 37.6 Å². The van der Waals surface area contributed by atoms with Crippen molar-refractivity contribution in [1.29, 1.82) is 0 Å². The molecule has 1 atom stereocenters.